The Morgan fingerprint density at radius 3 is 1.90 bits per heavy atom. The summed E-state index contributed by atoms with van der Waals surface area (Å²) in [4.78, 5) is 36.7. The molecule has 0 spiro atoms. The highest BCUT2D eigenvalue weighted by Crippen LogP contribution is 2.39. The second-order valence-corrected chi connectivity index (χ2v) is 8.41. The van der Waals surface area contributed by atoms with Crippen LogP contribution in [0, 0.1) is 5.41 Å². The van der Waals surface area contributed by atoms with Gasteiger partial charge in [-0.2, -0.15) is 8.42 Å². The average molecular weight is 449 g/mol. The van der Waals surface area contributed by atoms with Crippen molar-refractivity contribution < 1.29 is 41.6 Å². The molecule has 0 fully saturated rings. The van der Waals surface area contributed by atoms with E-state index in [0.717, 1.165) is 31.4 Å². The molecule has 172 valence electrons. The Bertz CT molecular complexity index is 684. The van der Waals surface area contributed by atoms with Crippen LogP contribution in [0.1, 0.15) is 52.9 Å². The minimum absolute atomic E-state index is 0.148. The first kappa shape index (κ1) is 27.8. The summed E-state index contributed by atoms with van der Waals surface area (Å²) in [7, 11) is -4.35. The van der Waals surface area contributed by atoms with E-state index in [1.807, 2.05) is 6.92 Å². The first-order valence-electron chi connectivity index (χ1n) is 9.73. The molecule has 0 amide bonds. The molecule has 0 saturated heterocycles. The summed E-state index contributed by atoms with van der Waals surface area (Å²) in [6.45, 7) is 11.0. The highest BCUT2D eigenvalue weighted by Gasteiger charge is 2.53. The molecule has 1 N–H and O–H groups in total. The van der Waals surface area contributed by atoms with Crippen molar-refractivity contribution in [3.8, 4) is 0 Å². The second-order valence-electron chi connectivity index (χ2n) is 6.84. The lowest BCUT2D eigenvalue weighted by molar-refractivity contribution is -0.187. The molecule has 0 rings (SSSR count). The van der Waals surface area contributed by atoms with Gasteiger partial charge in [0.1, 0.15) is 30.0 Å². The molecule has 2 unspecified atom stereocenters. The summed E-state index contributed by atoms with van der Waals surface area (Å²) in [6, 6.07) is 0. The Morgan fingerprint density at radius 2 is 1.50 bits per heavy atom. The number of esters is 3. The van der Waals surface area contributed by atoms with Crippen LogP contribution in [0.4, 0.5) is 0 Å². The summed E-state index contributed by atoms with van der Waals surface area (Å²) in [5.74, 6) is -3.27. The quantitative estimate of drug-likeness (QED) is 0.132. The monoisotopic (exact) mass is 448 g/mol. The van der Waals surface area contributed by atoms with E-state index >= 15 is 0 Å². The van der Waals surface area contributed by atoms with Crippen LogP contribution in [0.2, 0.25) is 0 Å². The van der Waals surface area contributed by atoms with Crippen molar-refractivity contribution in [2.45, 2.75) is 65.1 Å². The van der Waals surface area contributed by atoms with Gasteiger partial charge in [0.25, 0.3) is 10.1 Å². The van der Waals surface area contributed by atoms with Gasteiger partial charge in [-0.3, -0.25) is 9.35 Å². The predicted molar refractivity (Wildman–Crippen MR) is 110 cm³/mol. The van der Waals surface area contributed by atoms with Gasteiger partial charge in [-0.05, 0) is 20.3 Å². The molecule has 0 saturated carbocycles. The lowest BCUT2D eigenvalue weighted by Crippen LogP contribution is -2.53. The summed E-state index contributed by atoms with van der Waals surface area (Å²) < 4.78 is 46.4. The van der Waals surface area contributed by atoms with Gasteiger partial charge in [0.2, 0.25) is 0 Å². The van der Waals surface area contributed by atoms with E-state index in [2.05, 4.69) is 13.2 Å². The number of unbranched alkanes of at least 4 members (excludes halogenated alkanes) is 3. The third-order valence-electron chi connectivity index (χ3n) is 4.77. The minimum atomic E-state index is -4.35. The first-order chi connectivity index (χ1) is 13.9. The van der Waals surface area contributed by atoms with E-state index in [0.29, 0.717) is 6.42 Å². The van der Waals surface area contributed by atoms with Gasteiger partial charge in [0, 0.05) is 12.2 Å². The van der Waals surface area contributed by atoms with Crippen molar-refractivity contribution in [3.63, 3.8) is 0 Å². The zero-order chi connectivity index (χ0) is 23.4. The third-order valence-corrected chi connectivity index (χ3v) is 5.45. The van der Waals surface area contributed by atoms with Crippen molar-refractivity contribution in [2.24, 2.45) is 5.41 Å². The van der Waals surface area contributed by atoms with Crippen LogP contribution in [0.15, 0.2) is 25.3 Å². The van der Waals surface area contributed by atoms with E-state index < -0.39 is 58.0 Å². The minimum Gasteiger partial charge on any atom is -0.464 e. The maximum atomic E-state index is 13.1. The second kappa shape index (κ2) is 13.2. The van der Waals surface area contributed by atoms with E-state index in [1.54, 1.807) is 0 Å². The van der Waals surface area contributed by atoms with E-state index in [-0.39, 0.29) is 6.42 Å². The molecular formula is C20H32O9S. The van der Waals surface area contributed by atoms with Crippen LogP contribution in [-0.4, -0.2) is 55.4 Å². The molecule has 0 aromatic heterocycles. The van der Waals surface area contributed by atoms with Crippen molar-refractivity contribution in [2.75, 3.05) is 12.4 Å². The van der Waals surface area contributed by atoms with Crippen molar-refractivity contribution in [1.82, 2.24) is 0 Å². The Morgan fingerprint density at radius 1 is 1.00 bits per heavy atom. The molecule has 9 nitrogen and oxygen atoms in total. The van der Waals surface area contributed by atoms with E-state index in [9.17, 15) is 22.8 Å². The fraction of sp³-hybridized carbons (Fsp3) is 0.650. The number of hydrogen-bond donors (Lipinski definition) is 1. The maximum absolute atomic E-state index is 13.1. The van der Waals surface area contributed by atoms with E-state index in [4.69, 9.17) is 18.8 Å². The molecule has 0 bridgehead atoms. The number of ether oxygens (including phenoxy) is 3. The fourth-order valence-corrected chi connectivity index (χ4v) is 3.34. The van der Waals surface area contributed by atoms with Crippen LogP contribution in [0.25, 0.3) is 0 Å². The molecule has 0 aromatic rings. The van der Waals surface area contributed by atoms with Gasteiger partial charge in [-0.25, -0.2) is 9.59 Å². The van der Waals surface area contributed by atoms with Gasteiger partial charge in [-0.15, -0.1) is 0 Å². The molecule has 0 aliphatic rings. The fourth-order valence-electron chi connectivity index (χ4n) is 3.04. The molecule has 30 heavy (non-hydrogen) atoms. The first-order valence-corrected chi connectivity index (χ1v) is 11.3. The van der Waals surface area contributed by atoms with Crippen LogP contribution in [-0.2, 0) is 38.7 Å². The summed E-state index contributed by atoms with van der Waals surface area (Å²) in [5.41, 5.74) is -1.61. The number of rotatable bonds is 15. The zero-order valence-electron chi connectivity index (χ0n) is 17.8. The highest BCUT2D eigenvalue weighted by atomic mass is 32.2. The highest BCUT2D eigenvalue weighted by molar-refractivity contribution is 7.85. The maximum Gasteiger partial charge on any atom is 0.330 e. The number of carbonyl (C=O) groups is 3. The normalized spacial score (nSPS) is 15.2. The molecule has 0 aliphatic heterocycles. The molecule has 2 atom stereocenters. The summed E-state index contributed by atoms with van der Waals surface area (Å²) >= 11 is 0. The summed E-state index contributed by atoms with van der Waals surface area (Å²) in [6.07, 6.45) is 2.97. The van der Waals surface area contributed by atoms with Crippen LogP contribution < -0.4 is 0 Å². The lowest BCUT2D eigenvalue weighted by Gasteiger charge is -2.40. The van der Waals surface area contributed by atoms with Crippen molar-refractivity contribution >= 4 is 28.0 Å². The Balaban J connectivity index is 5.98. The predicted octanol–water partition coefficient (Wildman–Crippen LogP) is 2.61. The van der Waals surface area contributed by atoms with Crippen molar-refractivity contribution in [1.29, 1.82) is 0 Å². The molecule has 0 radical (unpaired) electrons. The van der Waals surface area contributed by atoms with Gasteiger partial charge in [-0.1, -0.05) is 45.8 Å². The summed E-state index contributed by atoms with van der Waals surface area (Å²) in [5, 5.41) is 0. The SMILES string of the molecule is C=CC(=O)OC(C)C(CCCCCC)(C(=O)OCCS(=O)(=O)O)C(C)OC(=O)C=C. The zero-order valence-corrected chi connectivity index (χ0v) is 18.6. The van der Waals surface area contributed by atoms with E-state index in [1.165, 1.54) is 13.8 Å². The number of carbonyl (C=O) groups excluding carboxylic acids is 3. The Labute approximate surface area is 178 Å². The topological polar surface area (TPSA) is 133 Å². The van der Waals surface area contributed by atoms with Crippen molar-refractivity contribution in [3.05, 3.63) is 25.3 Å². The molecule has 10 heteroatoms. The smallest absolute Gasteiger partial charge is 0.330 e. The van der Waals surface area contributed by atoms with Crippen LogP contribution in [0.5, 0.6) is 0 Å². The van der Waals surface area contributed by atoms with Crippen LogP contribution >= 0.6 is 0 Å². The number of hydrogen-bond acceptors (Lipinski definition) is 8. The molecule has 0 heterocycles. The largest absolute Gasteiger partial charge is 0.464 e. The van der Waals surface area contributed by atoms with Crippen LogP contribution in [0.3, 0.4) is 0 Å². The van der Waals surface area contributed by atoms with Gasteiger partial charge >= 0.3 is 17.9 Å². The average Bonchev–Trinajstić information content (AvgIpc) is 2.66. The van der Waals surface area contributed by atoms with Gasteiger partial charge < -0.3 is 14.2 Å². The molecular weight excluding hydrogens is 416 g/mol. The molecule has 0 aromatic carbocycles. The van der Waals surface area contributed by atoms with Gasteiger partial charge in [0.05, 0.1) is 0 Å². The third kappa shape index (κ3) is 9.08. The lowest BCUT2D eigenvalue weighted by atomic mass is 9.73. The molecule has 0 aliphatic carbocycles. The van der Waals surface area contributed by atoms with Gasteiger partial charge in [0.15, 0.2) is 0 Å². The Kier molecular flexibility index (Phi) is 12.2. The Hall–Kier alpha value is -2.20. The standard InChI is InChI=1S/C20H32O9S/c1-6-9-10-11-12-20(15(4)28-17(21)7-2,16(5)29-18(22)8-3)19(23)27-13-14-30(24,25)26/h7-8,15-16H,2-3,6,9-14H2,1,4-5H3,(H,24,25,26).